The molecule has 0 aromatic heterocycles. The van der Waals surface area contributed by atoms with Gasteiger partial charge in [-0.15, -0.1) is 24.0 Å². The summed E-state index contributed by atoms with van der Waals surface area (Å²) in [5.74, 6) is -0.334. The average Bonchev–Trinajstić information content (AvgIpc) is 2.47. The topological polar surface area (TPSA) is 79.9 Å². The van der Waals surface area contributed by atoms with E-state index in [1.165, 1.54) is 12.1 Å². The monoisotopic (exact) mass is 445 g/mol. The van der Waals surface area contributed by atoms with Gasteiger partial charge in [-0.1, -0.05) is 17.7 Å². The normalized spacial score (nSPS) is 12.6. The van der Waals surface area contributed by atoms with E-state index < -0.39 is 11.9 Å². The van der Waals surface area contributed by atoms with Gasteiger partial charge in [0.1, 0.15) is 5.82 Å². The van der Waals surface area contributed by atoms with Crippen molar-refractivity contribution in [2.75, 3.05) is 26.3 Å². The fourth-order valence-electron chi connectivity index (χ4n) is 1.60. The maximum Gasteiger partial charge on any atom is 0.188 e. The molecule has 0 fully saturated rings. The summed E-state index contributed by atoms with van der Waals surface area (Å²) in [6.07, 6.45) is -0.116. The maximum atomic E-state index is 13.3. The number of nitrogens with one attached hydrogen (secondary N) is 1. The Hall–Kier alpha value is -0.640. The smallest absolute Gasteiger partial charge is 0.188 e. The van der Waals surface area contributed by atoms with E-state index in [1.54, 1.807) is 6.07 Å². The molecule has 1 aromatic carbocycles. The van der Waals surface area contributed by atoms with Crippen molar-refractivity contribution in [1.29, 1.82) is 0 Å². The van der Waals surface area contributed by atoms with E-state index >= 15 is 0 Å². The van der Waals surface area contributed by atoms with Crippen LogP contribution in [0.4, 0.5) is 4.39 Å². The van der Waals surface area contributed by atoms with Gasteiger partial charge in [-0.3, -0.25) is 4.99 Å². The standard InChI is InChI=1S/C14H21ClFN3O2.HI/c1-2-21-7-3-6-18-14(17)19-9-13(20)10-4-5-11(15)12(16)8-10;/h4-5,8,13,20H,2-3,6-7,9H2,1H3,(H3,17,18,19);1H. The zero-order valence-corrected chi connectivity index (χ0v) is 15.5. The first-order valence-corrected chi connectivity index (χ1v) is 7.17. The van der Waals surface area contributed by atoms with E-state index in [2.05, 4.69) is 10.3 Å². The number of nitrogens with two attached hydrogens (primary N) is 1. The molecular weight excluding hydrogens is 424 g/mol. The van der Waals surface area contributed by atoms with Crippen LogP contribution in [0.2, 0.25) is 5.02 Å². The molecule has 0 aliphatic rings. The summed E-state index contributed by atoms with van der Waals surface area (Å²) in [4.78, 5) is 4.01. The molecule has 5 nitrogen and oxygen atoms in total. The molecule has 4 N–H and O–H groups in total. The van der Waals surface area contributed by atoms with E-state index in [4.69, 9.17) is 22.1 Å². The Kier molecular flexibility index (Phi) is 11.5. The summed E-state index contributed by atoms with van der Waals surface area (Å²) < 4.78 is 18.5. The molecule has 0 saturated carbocycles. The first kappa shape index (κ1) is 21.4. The number of aliphatic imine (C=N–C) groups is 1. The van der Waals surface area contributed by atoms with Crippen LogP contribution in [0, 0.1) is 5.82 Å². The van der Waals surface area contributed by atoms with Crippen molar-refractivity contribution in [2.24, 2.45) is 10.7 Å². The van der Waals surface area contributed by atoms with Gasteiger partial charge < -0.3 is 20.9 Å². The molecule has 0 aliphatic carbocycles. The van der Waals surface area contributed by atoms with E-state index in [0.29, 0.717) is 25.3 Å². The highest BCUT2D eigenvalue weighted by molar-refractivity contribution is 14.0. The minimum absolute atomic E-state index is 0. The van der Waals surface area contributed by atoms with Gasteiger partial charge in [-0.05, 0) is 31.0 Å². The Morgan fingerprint density at radius 1 is 1.55 bits per heavy atom. The molecule has 8 heteroatoms. The van der Waals surface area contributed by atoms with Gasteiger partial charge in [-0.25, -0.2) is 4.39 Å². The molecule has 0 heterocycles. The van der Waals surface area contributed by atoms with Crippen molar-refractivity contribution < 1.29 is 14.2 Å². The summed E-state index contributed by atoms with van der Waals surface area (Å²) >= 11 is 5.58. The van der Waals surface area contributed by atoms with Crippen molar-refractivity contribution >= 4 is 41.5 Å². The lowest BCUT2D eigenvalue weighted by Crippen LogP contribution is -2.33. The number of rotatable bonds is 8. The molecular formula is C14H22ClFIN3O2. The predicted octanol–water partition coefficient (Wildman–Crippen LogP) is 2.46. The van der Waals surface area contributed by atoms with Crippen LogP contribution < -0.4 is 11.1 Å². The number of benzene rings is 1. The first-order valence-electron chi connectivity index (χ1n) is 6.79. The van der Waals surface area contributed by atoms with E-state index in [1.807, 2.05) is 6.92 Å². The first-order chi connectivity index (χ1) is 10.0. The summed E-state index contributed by atoms with van der Waals surface area (Å²) in [5, 5.41) is 12.8. The Labute approximate surface area is 152 Å². The van der Waals surface area contributed by atoms with Crippen molar-refractivity contribution in [1.82, 2.24) is 5.32 Å². The van der Waals surface area contributed by atoms with Crippen LogP contribution in [0.3, 0.4) is 0 Å². The number of nitrogens with zero attached hydrogens (tertiary/aromatic N) is 1. The Morgan fingerprint density at radius 2 is 2.27 bits per heavy atom. The van der Waals surface area contributed by atoms with Gasteiger partial charge in [0, 0.05) is 19.8 Å². The van der Waals surface area contributed by atoms with E-state index in [9.17, 15) is 9.50 Å². The molecule has 1 atom stereocenters. The fraction of sp³-hybridized carbons (Fsp3) is 0.500. The van der Waals surface area contributed by atoms with Crippen LogP contribution in [-0.2, 0) is 4.74 Å². The highest BCUT2D eigenvalue weighted by atomic mass is 127. The third kappa shape index (κ3) is 8.11. The van der Waals surface area contributed by atoms with Gasteiger partial charge >= 0.3 is 0 Å². The summed E-state index contributed by atoms with van der Waals surface area (Å²) in [7, 11) is 0. The van der Waals surface area contributed by atoms with Gasteiger partial charge in [0.2, 0.25) is 0 Å². The second-order valence-corrected chi connectivity index (χ2v) is 4.80. The summed E-state index contributed by atoms with van der Waals surface area (Å²) in [6, 6.07) is 4.14. The Balaban J connectivity index is 0.00000441. The molecule has 1 aromatic rings. The van der Waals surface area contributed by atoms with Crippen molar-refractivity contribution in [3.05, 3.63) is 34.6 Å². The van der Waals surface area contributed by atoms with Crippen molar-refractivity contribution in [3.63, 3.8) is 0 Å². The minimum Gasteiger partial charge on any atom is -0.386 e. The second-order valence-electron chi connectivity index (χ2n) is 4.39. The Morgan fingerprint density at radius 3 is 2.91 bits per heavy atom. The third-order valence-corrected chi connectivity index (χ3v) is 3.05. The molecule has 0 radical (unpaired) electrons. The van der Waals surface area contributed by atoms with Crippen LogP contribution in [0.5, 0.6) is 0 Å². The van der Waals surface area contributed by atoms with Gasteiger partial charge in [0.05, 0.1) is 17.7 Å². The largest absolute Gasteiger partial charge is 0.386 e. The lowest BCUT2D eigenvalue weighted by molar-refractivity contribution is 0.145. The second kappa shape index (κ2) is 11.9. The number of hydrogen-bond donors (Lipinski definition) is 3. The molecule has 0 bridgehead atoms. The van der Waals surface area contributed by atoms with Gasteiger partial charge in [-0.2, -0.15) is 0 Å². The SMILES string of the molecule is CCOCCCNC(N)=NCC(O)c1ccc(Cl)c(F)c1.I. The van der Waals surface area contributed by atoms with Crippen LogP contribution in [-0.4, -0.2) is 37.4 Å². The van der Waals surface area contributed by atoms with E-state index in [0.717, 1.165) is 6.42 Å². The number of aliphatic hydroxyl groups excluding tert-OH is 1. The molecule has 0 aliphatic heterocycles. The van der Waals surface area contributed by atoms with Gasteiger partial charge in [0.15, 0.2) is 5.96 Å². The Bertz CT molecular complexity index is 477. The maximum absolute atomic E-state index is 13.3. The lowest BCUT2D eigenvalue weighted by atomic mass is 10.1. The van der Waals surface area contributed by atoms with Crippen LogP contribution >= 0.6 is 35.6 Å². The summed E-state index contributed by atoms with van der Waals surface area (Å²) in [5.41, 5.74) is 6.07. The lowest BCUT2D eigenvalue weighted by Gasteiger charge is -2.10. The predicted molar refractivity (Wildman–Crippen MR) is 97.4 cm³/mol. The molecule has 0 spiro atoms. The van der Waals surface area contributed by atoms with Crippen LogP contribution in [0.25, 0.3) is 0 Å². The number of hydrogen-bond acceptors (Lipinski definition) is 3. The molecule has 1 unspecified atom stereocenters. The average molecular weight is 446 g/mol. The molecule has 1 rings (SSSR count). The minimum atomic E-state index is -0.930. The zero-order valence-electron chi connectivity index (χ0n) is 12.4. The number of guanidine groups is 1. The molecule has 0 saturated heterocycles. The molecule has 0 amide bonds. The van der Waals surface area contributed by atoms with Crippen LogP contribution in [0.15, 0.2) is 23.2 Å². The number of halogens is 3. The van der Waals surface area contributed by atoms with Crippen LogP contribution in [0.1, 0.15) is 25.0 Å². The third-order valence-electron chi connectivity index (χ3n) is 2.74. The van der Waals surface area contributed by atoms with E-state index in [-0.39, 0.29) is 41.5 Å². The van der Waals surface area contributed by atoms with Gasteiger partial charge in [0.25, 0.3) is 0 Å². The fourth-order valence-corrected chi connectivity index (χ4v) is 1.72. The highest BCUT2D eigenvalue weighted by Gasteiger charge is 2.09. The quantitative estimate of drug-likeness (QED) is 0.249. The number of ether oxygens (including phenoxy) is 1. The number of aliphatic hydroxyl groups is 1. The molecule has 126 valence electrons. The summed E-state index contributed by atoms with van der Waals surface area (Å²) in [6.45, 7) is 3.97. The highest BCUT2D eigenvalue weighted by Crippen LogP contribution is 2.20. The zero-order chi connectivity index (χ0) is 15.7. The van der Waals surface area contributed by atoms with Crippen molar-refractivity contribution in [3.8, 4) is 0 Å². The van der Waals surface area contributed by atoms with Crippen molar-refractivity contribution in [2.45, 2.75) is 19.4 Å². The molecule has 22 heavy (non-hydrogen) atoms.